The average Bonchev–Trinajstić information content (AvgIpc) is 3.16. The minimum absolute atomic E-state index is 0.521. The molecule has 3 rings (SSSR count). The van der Waals surface area contributed by atoms with Gasteiger partial charge < -0.3 is 5.32 Å². The molecule has 0 amide bonds. The topological polar surface area (TPSA) is 61.6 Å². The maximum absolute atomic E-state index is 8.90. The molecule has 0 atom stereocenters. The van der Waals surface area contributed by atoms with Crippen molar-refractivity contribution in [2.75, 3.05) is 11.9 Å². The third-order valence-corrected chi connectivity index (χ3v) is 4.02. The molecule has 1 aliphatic rings. The second kappa shape index (κ2) is 4.98. The van der Waals surface area contributed by atoms with E-state index in [1.165, 1.54) is 24.2 Å². The summed E-state index contributed by atoms with van der Waals surface area (Å²) in [5.74, 6) is 2.33. The molecule has 96 valence electrons. The van der Waals surface area contributed by atoms with E-state index in [0.717, 1.165) is 28.8 Å². The highest BCUT2D eigenvalue weighted by atomic mass is 32.1. The van der Waals surface area contributed by atoms with Crippen molar-refractivity contribution >= 4 is 17.2 Å². The molecule has 0 radical (unpaired) electrons. The number of nitriles is 1. The fourth-order valence-corrected chi connectivity index (χ4v) is 2.69. The first kappa shape index (κ1) is 12.1. The molecule has 0 bridgehead atoms. The lowest BCUT2D eigenvalue weighted by Crippen LogP contribution is -2.03. The predicted molar refractivity (Wildman–Crippen MR) is 76.2 cm³/mol. The SMILES string of the molecule is CCNc1cc(-c2ccc(C#N)s2)nc(C2CC2)n1. The van der Waals surface area contributed by atoms with Crippen molar-refractivity contribution in [2.45, 2.75) is 25.7 Å². The molecule has 2 heterocycles. The van der Waals surface area contributed by atoms with Crippen LogP contribution in [0.2, 0.25) is 0 Å². The fourth-order valence-electron chi connectivity index (χ4n) is 1.92. The zero-order valence-electron chi connectivity index (χ0n) is 10.7. The van der Waals surface area contributed by atoms with Gasteiger partial charge >= 0.3 is 0 Å². The molecule has 1 aliphatic carbocycles. The Labute approximate surface area is 116 Å². The van der Waals surface area contributed by atoms with Crippen LogP contribution in [0.5, 0.6) is 0 Å². The van der Waals surface area contributed by atoms with Crippen LogP contribution in [0, 0.1) is 11.3 Å². The van der Waals surface area contributed by atoms with Crippen LogP contribution in [0.3, 0.4) is 0 Å². The Hall–Kier alpha value is -1.93. The van der Waals surface area contributed by atoms with Crippen LogP contribution in [-0.4, -0.2) is 16.5 Å². The van der Waals surface area contributed by atoms with E-state index in [2.05, 4.69) is 28.3 Å². The van der Waals surface area contributed by atoms with Gasteiger partial charge in [0.2, 0.25) is 0 Å². The van der Waals surface area contributed by atoms with Crippen molar-refractivity contribution in [3.8, 4) is 16.6 Å². The van der Waals surface area contributed by atoms with Gasteiger partial charge in [-0.1, -0.05) is 0 Å². The summed E-state index contributed by atoms with van der Waals surface area (Å²) in [4.78, 5) is 10.9. The molecule has 2 aromatic heterocycles. The van der Waals surface area contributed by atoms with E-state index in [1.54, 1.807) is 0 Å². The standard InChI is InChI=1S/C14H14N4S/c1-2-16-13-7-11(12-6-5-10(8-15)19-12)17-14(18-13)9-3-4-9/h5-7,9H,2-4H2,1H3,(H,16,17,18). The molecule has 19 heavy (non-hydrogen) atoms. The second-order valence-electron chi connectivity index (χ2n) is 4.58. The molecule has 1 N–H and O–H groups in total. The quantitative estimate of drug-likeness (QED) is 0.925. The van der Waals surface area contributed by atoms with Crippen molar-refractivity contribution in [3.63, 3.8) is 0 Å². The van der Waals surface area contributed by atoms with Gasteiger partial charge in [-0.2, -0.15) is 5.26 Å². The normalized spacial score (nSPS) is 14.1. The summed E-state index contributed by atoms with van der Waals surface area (Å²) < 4.78 is 0. The summed E-state index contributed by atoms with van der Waals surface area (Å²) in [6.45, 7) is 2.89. The number of anilines is 1. The van der Waals surface area contributed by atoms with E-state index in [1.807, 2.05) is 18.2 Å². The summed E-state index contributed by atoms with van der Waals surface area (Å²) in [7, 11) is 0. The third kappa shape index (κ3) is 2.59. The first-order valence-corrected chi connectivity index (χ1v) is 7.25. The van der Waals surface area contributed by atoms with E-state index in [-0.39, 0.29) is 0 Å². The molecular weight excluding hydrogens is 256 g/mol. The highest BCUT2D eigenvalue weighted by Gasteiger charge is 2.27. The van der Waals surface area contributed by atoms with Crippen LogP contribution in [0.4, 0.5) is 5.82 Å². The highest BCUT2D eigenvalue weighted by molar-refractivity contribution is 7.15. The molecule has 5 heteroatoms. The zero-order valence-corrected chi connectivity index (χ0v) is 11.5. The molecule has 0 spiro atoms. The van der Waals surface area contributed by atoms with Gasteiger partial charge in [0.15, 0.2) is 0 Å². The van der Waals surface area contributed by atoms with Gasteiger partial charge in [0, 0.05) is 18.5 Å². The summed E-state index contributed by atoms with van der Waals surface area (Å²) in [5, 5.41) is 12.2. The number of hydrogen-bond donors (Lipinski definition) is 1. The molecule has 0 unspecified atom stereocenters. The van der Waals surface area contributed by atoms with Crippen molar-refractivity contribution in [1.29, 1.82) is 5.26 Å². The minimum Gasteiger partial charge on any atom is -0.370 e. The summed E-state index contributed by atoms with van der Waals surface area (Å²) in [6, 6.07) is 7.92. The smallest absolute Gasteiger partial charge is 0.134 e. The summed E-state index contributed by atoms with van der Waals surface area (Å²) in [5.41, 5.74) is 0.916. The van der Waals surface area contributed by atoms with E-state index >= 15 is 0 Å². The monoisotopic (exact) mass is 270 g/mol. The second-order valence-corrected chi connectivity index (χ2v) is 5.66. The Morgan fingerprint density at radius 1 is 1.42 bits per heavy atom. The lowest BCUT2D eigenvalue weighted by atomic mass is 10.3. The first-order valence-electron chi connectivity index (χ1n) is 6.43. The largest absolute Gasteiger partial charge is 0.370 e. The van der Waals surface area contributed by atoms with Gasteiger partial charge in [0.05, 0.1) is 10.6 Å². The average molecular weight is 270 g/mol. The minimum atomic E-state index is 0.521. The maximum Gasteiger partial charge on any atom is 0.134 e. The van der Waals surface area contributed by atoms with Crippen LogP contribution < -0.4 is 5.32 Å². The Morgan fingerprint density at radius 3 is 2.89 bits per heavy atom. The molecule has 0 aliphatic heterocycles. The molecule has 0 aromatic carbocycles. The van der Waals surface area contributed by atoms with Crippen LogP contribution in [-0.2, 0) is 0 Å². The number of rotatable bonds is 4. The van der Waals surface area contributed by atoms with Crippen LogP contribution in [0.25, 0.3) is 10.6 Å². The van der Waals surface area contributed by atoms with Crippen molar-refractivity contribution in [2.24, 2.45) is 0 Å². The van der Waals surface area contributed by atoms with Gasteiger partial charge in [-0.05, 0) is 31.9 Å². The van der Waals surface area contributed by atoms with Gasteiger partial charge in [0.25, 0.3) is 0 Å². The zero-order chi connectivity index (χ0) is 13.2. The van der Waals surface area contributed by atoms with E-state index in [0.29, 0.717) is 10.8 Å². The Bertz CT molecular complexity index is 637. The molecule has 1 fully saturated rings. The summed E-state index contributed by atoms with van der Waals surface area (Å²) >= 11 is 1.47. The lowest BCUT2D eigenvalue weighted by Gasteiger charge is -2.07. The Morgan fingerprint density at radius 2 is 2.26 bits per heavy atom. The number of nitrogens with one attached hydrogen (secondary N) is 1. The molecule has 1 saturated carbocycles. The van der Waals surface area contributed by atoms with Crippen LogP contribution >= 0.6 is 11.3 Å². The van der Waals surface area contributed by atoms with Crippen molar-refractivity contribution in [3.05, 3.63) is 28.9 Å². The molecule has 0 saturated heterocycles. The van der Waals surface area contributed by atoms with Crippen LogP contribution in [0.15, 0.2) is 18.2 Å². The fraction of sp³-hybridized carbons (Fsp3) is 0.357. The maximum atomic E-state index is 8.90. The first-order chi connectivity index (χ1) is 9.30. The van der Waals surface area contributed by atoms with Crippen molar-refractivity contribution in [1.82, 2.24) is 9.97 Å². The Kier molecular flexibility index (Phi) is 3.18. The number of thiophene rings is 1. The lowest BCUT2D eigenvalue weighted by molar-refractivity contribution is 0.928. The van der Waals surface area contributed by atoms with E-state index in [4.69, 9.17) is 5.26 Å². The van der Waals surface area contributed by atoms with E-state index in [9.17, 15) is 0 Å². The number of nitrogens with zero attached hydrogens (tertiary/aromatic N) is 3. The van der Waals surface area contributed by atoms with Crippen molar-refractivity contribution < 1.29 is 0 Å². The Balaban J connectivity index is 2.01. The van der Waals surface area contributed by atoms with Crippen LogP contribution in [0.1, 0.15) is 36.4 Å². The predicted octanol–water partition coefficient (Wildman–Crippen LogP) is 3.39. The van der Waals surface area contributed by atoms with Gasteiger partial charge in [-0.3, -0.25) is 0 Å². The summed E-state index contributed by atoms with van der Waals surface area (Å²) in [6.07, 6.45) is 2.37. The number of hydrogen-bond acceptors (Lipinski definition) is 5. The number of aromatic nitrogens is 2. The molecule has 4 nitrogen and oxygen atoms in total. The third-order valence-electron chi connectivity index (χ3n) is 3.01. The molecular formula is C14H14N4S. The van der Waals surface area contributed by atoms with Gasteiger partial charge in [-0.15, -0.1) is 11.3 Å². The van der Waals surface area contributed by atoms with Gasteiger partial charge in [-0.25, -0.2) is 9.97 Å². The molecule has 2 aromatic rings. The van der Waals surface area contributed by atoms with Gasteiger partial charge in [0.1, 0.15) is 22.6 Å². The highest BCUT2D eigenvalue weighted by Crippen LogP contribution is 2.39. The van der Waals surface area contributed by atoms with E-state index < -0.39 is 0 Å².